The van der Waals surface area contributed by atoms with Gasteiger partial charge < -0.3 is 5.21 Å². The quantitative estimate of drug-likeness (QED) is 0.792. The van der Waals surface area contributed by atoms with E-state index < -0.39 is 11.7 Å². The zero-order valence-corrected chi connectivity index (χ0v) is 10.0. The summed E-state index contributed by atoms with van der Waals surface area (Å²) < 4.78 is 38.5. The first-order chi connectivity index (χ1) is 8.88. The van der Waals surface area contributed by atoms with Gasteiger partial charge in [-0.25, -0.2) is 4.99 Å². The van der Waals surface area contributed by atoms with Crippen LogP contribution in [0.3, 0.4) is 0 Å². The predicted molar refractivity (Wildman–Crippen MR) is 63.0 cm³/mol. The van der Waals surface area contributed by atoms with Crippen molar-refractivity contribution in [3.05, 3.63) is 59.2 Å². The lowest BCUT2D eigenvalue weighted by atomic mass is 10.2. The molecule has 0 spiro atoms. The molecule has 0 saturated carbocycles. The molecule has 19 heavy (non-hydrogen) atoms. The van der Waals surface area contributed by atoms with Crippen LogP contribution in [0.25, 0.3) is 0 Å². The van der Waals surface area contributed by atoms with Gasteiger partial charge in [0.15, 0.2) is 5.49 Å². The lowest BCUT2D eigenvalue weighted by Crippen LogP contribution is -2.19. The van der Waals surface area contributed by atoms with E-state index in [0.717, 1.165) is 16.9 Å². The fourth-order valence-electron chi connectivity index (χ4n) is 1.56. The van der Waals surface area contributed by atoms with E-state index in [1.807, 2.05) is 0 Å². The highest BCUT2D eigenvalue weighted by molar-refractivity contribution is 5.41. The van der Waals surface area contributed by atoms with E-state index in [1.54, 1.807) is 19.1 Å². The van der Waals surface area contributed by atoms with Crippen LogP contribution in [-0.4, -0.2) is 9.94 Å². The predicted octanol–water partition coefficient (Wildman–Crippen LogP) is 3.29. The summed E-state index contributed by atoms with van der Waals surface area (Å²) >= 11 is 0. The monoisotopic (exact) mass is 268 g/mol. The summed E-state index contributed by atoms with van der Waals surface area (Å²) in [5, 5.41) is 9.69. The summed E-state index contributed by atoms with van der Waals surface area (Å²) in [5.41, 5.74) is 0.0571. The number of alkyl halides is 3. The summed E-state index contributed by atoms with van der Waals surface area (Å²) in [6, 6.07) is 9.45. The van der Waals surface area contributed by atoms with Gasteiger partial charge in [0.2, 0.25) is 0 Å². The molecule has 6 heteroatoms. The summed E-state index contributed by atoms with van der Waals surface area (Å²) in [6.45, 7) is 1.66. The molecular formula is C13H11F3N2O. The first kappa shape index (κ1) is 13.2. The summed E-state index contributed by atoms with van der Waals surface area (Å²) in [6.07, 6.45) is -4.41. The van der Waals surface area contributed by atoms with Crippen molar-refractivity contribution >= 4 is 5.69 Å². The maximum atomic E-state index is 12.6. The number of pyridine rings is 1. The second kappa shape index (κ2) is 4.79. The van der Waals surface area contributed by atoms with E-state index in [2.05, 4.69) is 4.99 Å². The van der Waals surface area contributed by atoms with Crippen LogP contribution in [0.5, 0.6) is 0 Å². The number of halogens is 3. The molecule has 0 unspecified atom stereocenters. The standard InChI is InChI=1S/C13H11F3N2O/c1-9-4-2-7-12(18(9)19)17-11-6-3-5-10(8-11)13(14,15)16/h2-8,19H,1H3. The Hall–Kier alpha value is -2.24. The van der Waals surface area contributed by atoms with Gasteiger partial charge in [-0.15, -0.1) is 0 Å². The maximum absolute atomic E-state index is 12.6. The van der Waals surface area contributed by atoms with Gasteiger partial charge in [-0.1, -0.05) is 12.1 Å². The maximum Gasteiger partial charge on any atom is 0.416 e. The fraction of sp³-hybridized carbons (Fsp3) is 0.154. The van der Waals surface area contributed by atoms with E-state index in [9.17, 15) is 18.4 Å². The molecule has 2 aromatic rings. The molecule has 1 aromatic heterocycles. The number of hydrogen-bond donors (Lipinski definition) is 1. The topological polar surface area (TPSA) is 37.5 Å². The Bertz CT molecular complexity index is 659. The molecule has 0 aliphatic rings. The van der Waals surface area contributed by atoms with Crippen molar-refractivity contribution in [2.75, 3.05) is 0 Å². The van der Waals surface area contributed by atoms with Crippen molar-refractivity contribution in [2.24, 2.45) is 4.99 Å². The molecule has 0 aliphatic heterocycles. The largest absolute Gasteiger partial charge is 0.427 e. The lowest BCUT2D eigenvalue weighted by molar-refractivity contribution is -0.137. The number of rotatable bonds is 1. The SMILES string of the molecule is Cc1cccc(=Nc2cccc(C(F)(F)F)c2)n1O. The molecule has 2 rings (SSSR count). The van der Waals surface area contributed by atoms with Gasteiger partial charge in [0, 0.05) is 0 Å². The number of benzene rings is 1. The molecule has 0 atom stereocenters. The van der Waals surface area contributed by atoms with E-state index in [-0.39, 0.29) is 11.2 Å². The van der Waals surface area contributed by atoms with E-state index >= 15 is 0 Å². The third-order valence-electron chi connectivity index (χ3n) is 2.55. The highest BCUT2D eigenvalue weighted by Gasteiger charge is 2.30. The smallest absolute Gasteiger partial charge is 0.416 e. The van der Waals surface area contributed by atoms with Gasteiger partial charge in [0.25, 0.3) is 0 Å². The van der Waals surface area contributed by atoms with Crippen molar-refractivity contribution in [3.8, 4) is 0 Å². The Labute approximate surface area is 107 Å². The summed E-state index contributed by atoms with van der Waals surface area (Å²) in [7, 11) is 0. The zero-order chi connectivity index (χ0) is 14.0. The number of nitrogens with zero attached hydrogens (tertiary/aromatic N) is 2. The van der Waals surface area contributed by atoms with Gasteiger partial charge in [0.05, 0.1) is 16.9 Å². The molecule has 1 aromatic carbocycles. The highest BCUT2D eigenvalue weighted by atomic mass is 19.4. The minimum Gasteiger partial charge on any atom is -0.427 e. The molecule has 100 valence electrons. The third kappa shape index (κ3) is 2.96. The van der Waals surface area contributed by atoms with Crippen LogP contribution in [0.2, 0.25) is 0 Å². The average Bonchev–Trinajstić information content (AvgIpc) is 2.34. The molecule has 1 heterocycles. The molecule has 0 radical (unpaired) electrons. The molecule has 0 aliphatic carbocycles. The van der Waals surface area contributed by atoms with Crippen molar-refractivity contribution < 1.29 is 18.4 Å². The Balaban J connectivity index is 2.52. The Morgan fingerprint density at radius 3 is 2.47 bits per heavy atom. The normalized spacial score (nSPS) is 12.7. The van der Waals surface area contributed by atoms with Gasteiger partial charge in [0.1, 0.15) is 0 Å². The van der Waals surface area contributed by atoms with E-state index in [1.165, 1.54) is 18.2 Å². The minimum atomic E-state index is -4.41. The molecule has 1 N–H and O–H groups in total. The molecule has 0 amide bonds. The van der Waals surface area contributed by atoms with Crippen LogP contribution in [-0.2, 0) is 6.18 Å². The molecular weight excluding hydrogens is 257 g/mol. The summed E-state index contributed by atoms with van der Waals surface area (Å²) in [5.74, 6) is 0. The minimum absolute atomic E-state index is 0.128. The zero-order valence-electron chi connectivity index (χ0n) is 10.0. The van der Waals surface area contributed by atoms with Crippen LogP contribution in [0.1, 0.15) is 11.3 Å². The van der Waals surface area contributed by atoms with Crippen LogP contribution in [0, 0.1) is 6.92 Å². The molecule has 0 fully saturated rings. The van der Waals surface area contributed by atoms with Gasteiger partial charge in [-0.05, 0) is 37.3 Å². The van der Waals surface area contributed by atoms with Gasteiger partial charge in [-0.3, -0.25) is 0 Å². The average molecular weight is 268 g/mol. The van der Waals surface area contributed by atoms with Crippen LogP contribution in [0.4, 0.5) is 18.9 Å². The van der Waals surface area contributed by atoms with Gasteiger partial charge in [-0.2, -0.15) is 17.9 Å². The first-order valence-electron chi connectivity index (χ1n) is 5.48. The fourth-order valence-corrected chi connectivity index (χ4v) is 1.56. The molecule has 0 saturated heterocycles. The van der Waals surface area contributed by atoms with Crippen LogP contribution >= 0.6 is 0 Å². The lowest BCUT2D eigenvalue weighted by Gasteiger charge is -2.07. The number of hydrogen-bond acceptors (Lipinski definition) is 2. The van der Waals surface area contributed by atoms with Crippen molar-refractivity contribution in [2.45, 2.75) is 13.1 Å². The second-order valence-electron chi connectivity index (χ2n) is 4.00. The summed E-state index contributed by atoms with van der Waals surface area (Å²) in [4.78, 5) is 3.99. The van der Waals surface area contributed by atoms with Crippen LogP contribution in [0.15, 0.2) is 47.5 Å². The van der Waals surface area contributed by atoms with Crippen molar-refractivity contribution in [1.29, 1.82) is 0 Å². The molecule has 0 bridgehead atoms. The van der Waals surface area contributed by atoms with Crippen LogP contribution < -0.4 is 5.49 Å². The van der Waals surface area contributed by atoms with E-state index in [4.69, 9.17) is 0 Å². The first-order valence-corrected chi connectivity index (χ1v) is 5.48. The second-order valence-corrected chi connectivity index (χ2v) is 4.00. The van der Waals surface area contributed by atoms with Gasteiger partial charge >= 0.3 is 6.18 Å². The van der Waals surface area contributed by atoms with Crippen molar-refractivity contribution in [3.63, 3.8) is 0 Å². The Morgan fingerprint density at radius 1 is 1.11 bits per heavy atom. The number of aromatic nitrogens is 1. The third-order valence-corrected chi connectivity index (χ3v) is 2.55. The van der Waals surface area contributed by atoms with Crippen molar-refractivity contribution in [1.82, 2.24) is 4.73 Å². The highest BCUT2D eigenvalue weighted by Crippen LogP contribution is 2.31. The molecule has 3 nitrogen and oxygen atoms in total. The Kier molecular flexibility index (Phi) is 3.33. The van der Waals surface area contributed by atoms with E-state index in [0.29, 0.717) is 5.69 Å². The number of aryl methyl sites for hydroxylation is 1. The Morgan fingerprint density at radius 2 is 1.79 bits per heavy atom.